The van der Waals surface area contributed by atoms with Crippen molar-refractivity contribution in [3.8, 4) is 11.4 Å². The highest BCUT2D eigenvalue weighted by Gasteiger charge is 2.12. The predicted molar refractivity (Wildman–Crippen MR) is 110 cm³/mol. The highest BCUT2D eigenvalue weighted by atomic mass is 35.5. The van der Waals surface area contributed by atoms with Crippen molar-refractivity contribution >= 4 is 44.7 Å². The summed E-state index contributed by atoms with van der Waals surface area (Å²) in [5.74, 6) is 0.498. The second-order valence-corrected chi connectivity index (χ2v) is 7.57. The molecular formula is C21H12ClN3OS. The minimum absolute atomic E-state index is 0.163. The van der Waals surface area contributed by atoms with Crippen LogP contribution >= 0.6 is 22.9 Å². The zero-order chi connectivity index (χ0) is 18.4. The second-order valence-electron chi connectivity index (χ2n) is 6.12. The first-order valence-electron chi connectivity index (χ1n) is 8.34. The van der Waals surface area contributed by atoms with E-state index in [0.717, 1.165) is 21.9 Å². The van der Waals surface area contributed by atoms with E-state index in [4.69, 9.17) is 11.6 Å². The zero-order valence-electron chi connectivity index (χ0n) is 14.0. The Morgan fingerprint density at radius 3 is 2.67 bits per heavy atom. The molecule has 0 aliphatic carbocycles. The number of fused-ring (bicyclic) bond motifs is 2. The van der Waals surface area contributed by atoms with Gasteiger partial charge >= 0.3 is 0 Å². The van der Waals surface area contributed by atoms with Crippen LogP contribution in [0, 0.1) is 0 Å². The van der Waals surface area contributed by atoms with Crippen LogP contribution in [0.3, 0.4) is 0 Å². The fraction of sp³-hybridized carbons (Fsp3) is 0. The Hall–Kier alpha value is -3.02. The lowest BCUT2D eigenvalue weighted by molar-refractivity contribution is 0.937. The molecule has 6 heteroatoms. The third-order valence-corrected chi connectivity index (χ3v) is 5.57. The van der Waals surface area contributed by atoms with Crippen LogP contribution in [0.25, 0.3) is 33.2 Å². The maximum Gasteiger partial charge on any atom is 0.291 e. The third-order valence-electron chi connectivity index (χ3n) is 4.37. The Morgan fingerprint density at radius 1 is 1.00 bits per heavy atom. The number of hydrogen-bond donors (Lipinski definition) is 0. The Bertz CT molecular complexity index is 1420. The van der Waals surface area contributed by atoms with Crippen LogP contribution in [0.4, 0.5) is 0 Å². The number of benzene rings is 3. The summed E-state index contributed by atoms with van der Waals surface area (Å²) in [6.45, 7) is 0. The Morgan fingerprint density at radius 2 is 1.81 bits per heavy atom. The molecule has 5 aromatic rings. The smallest absolute Gasteiger partial charge is 0.266 e. The lowest BCUT2D eigenvalue weighted by atomic mass is 10.0. The van der Waals surface area contributed by atoms with Gasteiger partial charge in [-0.2, -0.15) is 9.50 Å². The van der Waals surface area contributed by atoms with Crippen molar-refractivity contribution in [2.24, 2.45) is 0 Å². The highest BCUT2D eigenvalue weighted by molar-refractivity contribution is 7.15. The van der Waals surface area contributed by atoms with Crippen LogP contribution in [-0.2, 0) is 0 Å². The largest absolute Gasteiger partial charge is 0.291 e. The van der Waals surface area contributed by atoms with E-state index in [1.807, 2.05) is 42.5 Å². The van der Waals surface area contributed by atoms with Crippen LogP contribution in [0.1, 0.15) is 5.56 Å². The van der Waals surface area contributed by atoms with Gasteiger partial charge in [0.15, 0.2) is 5.82 Å². The van der Waals surface area contributed by atoms with Gasteiger partial charge in [0, 0.05) is 10.6 Å². The first-order valence-corrected chi connectivity index (χ1v) is 9.53. The van der Waals surface area contributed by atoms with Gasteiger partial charge in [-0.3, -0.25) is 4.79 Å². The quantitative estimate of drug-likeness (QED) is 0.455. The molecule has 0 aliphatic rings. The van der Waals surface area contributed by atoms with Gasteiger partial charge in [-0.05, 0) is 34.5 Å². The summed E-state index contributed by atoms with van der Waals surface area (Å²) in [7, 11) is 0. The number of halogens is 1. The lowest BCUT2D eigenvalue weighted by Gasteiger charge is -2.00. The molecule has 0 saturated heterocycles. The summed E-state index contributed by atoms with van der Waals surface area (Å²) in [5.41, 5.74) is 1.63. The van der Waals surface area contributed by atoms with Gasteiger partial charge in [-0.15, -0.1) is 5.10 Å². The van der Waals surface area contributed by atoms with Crippen molar-refractivity contribution in [2.75, 3.05) is 0 Å². The molecule has 2 heterocycles. The first kappa shape index (κ1) is 16.2. The maximum atomic E-state index is 12.8. The molecule has 0 radical (unpaired) electrons. The molecule has 0 aliphatic heterocycles. The molecule has 0 bridgehead atoms. The van der Waals surface area contributed by atoms with E-state index in [0.29, 0.717) is 20.3 Å². The predicted octanol–water partition coefficient (Wildman–Crippen LogP) is 4.17. The molecule has 0 fully saturated rings. The average molecular weight is 390 g/mol. The standard InChI is InChI=1S/C21H12ClN3OS/c22-16-9-4-8-15(11-16)19-23-21-25(24-19)20(26)18(27-21)12-14-7-3-6-13-5-1-2-10-17(13)14/h1-12H/b18-12+. The monoisotopic (exact) mass is 389 g/mol. The summed E-state index contributed by atoms with van der Waals surface area (Å²) >= 11 is 7.37. The van der Waals surface area contributed by atoms with Crippen molar-refractivity contribution in [3.05, 3.63) is 92.2 Å². The van der Waals surface area contributed by atoms with Crippen molar-refractivity contribution in [3.63, 3.8) is 0 Å². The molecule has 0 amide bonds. The van der Waals surface area contributed by atoms with Crippen LogP contribution < -0.4 is 10.1 Å². The minimum atomic E-state index is -0.163. The highest BCUT2D eigenvalue weighted by Crippen LogP contribution is 2.21. The number of hydrogen-bond acceptors (Lipinski definition) is 4. The van der Waals surface area contributed by atoms with Crippen LogP contribution in [0.2, 0.25) is 5.02 Å². The molecule has 2 aromatic heterocycles. The fourth-order valence-corrected chi connectivity index (χ4v) is 4.19. The molecule has 4 nitrogen and oxygen atoms in total. The summed E-state index contributed by atoms with van der Waals surface area (Å²) in [5, 5.41) is 7.23. The molecule has 5 rings (SSSR count). The average Bonchev–Trinajstić information content (AvgIpc) is 3.22. The molecule has 0 saturated carbocycles. The van der Waals surface area contributed by atoms with Crippen molar-refractivity contribution < 1.29 is 0 Å². The SMILES string of the molecule is O=c1/c(=C\c2cccc3ccccc23)sc2nc(-c3cccc(Cl)c3)nn12. The lowest BCUT2D eigenvalue weighted by Crippen LogP contribution is -2.23. The van der Waals surface area contributed by atoms with Crippen LogP contribution in [0.5, 0.6) is 0 Å². The second kappa shape index (κ2) is 6.30. The number of nitrogens with zero attached hydrogens (tertiary/aromatic N) is 3. The van der Waals surface area contributed by atoms with Gasteiger partial charge in [-0.25, -0.2) is 0 Å². The molecule has 0 unspecified atom stereocenters. The van der Waals surface area contributed by atoms with Gasteiger partial charge in [0.2, 0.25) is 4.96 Å². The molecule has 130 valence electrons. The van der Waals surface area contributed by atoms with E-state index in [1.165, 1.54) is 15.9 Å². The van der Waals surface area contributed by atoms with E-state index < -0.39 is 0 Å². The number of thiazole rings is 1. The Balaban J connectivity index is 1.67. The van der Waals surface area contributed by atoms with E-state index in [9.17, 15) is 4.79 Å². The summed E-state index contributed by atoms with van der Waals surface area (Å²) < 4.78 is 1.97. The van der Waals surface area contributed by atoms with Gasteiger partial charge < -0.3 is 0 Å². The topological polar surface area (TPSA) is 47.3 Å². The van der Waals surface area contributed by atoms with E-state index in [-0.39, 0.29) is 5.56 Å². The number of aromatic nitrogens is 3. The molecule has 27 heavy (non-hydrogen) atoms. The number of rotatable bonds is 2. The van der Waals surface area contributed by atoms with E-state index in [2.05, 4.69) is 28.3 Å². The van der Waals surface area contributed by atoms with Crippen LogP contribution in [0.15, 0.2) is 71.5 Å². The fourth-order valence-electron chi connectivity index (χ4n) is 3.10. The van der Waals surface area contributed by atoms with Gasteiger partial charge in [-0.1, -0.05) is 77.5 Å². The Labute approximate surface area is 163 Å². The molecule has 3 aromatic carbocycles. The van der Waals surface area contributed by atoms with Crippen molar-refractivity contribution in [1.29, 1.82) is 0 Å². The molecular weight excluding hydrogens is 378 g/mol. The van der Waals surface area contributed by atoms with Crippen LogP contribution in [-0.4, -0.2) is 14.6 Å². The molecule has 0 atom stereocenters. The maximum absolute atomic E-state index is 12.8. The Kier molecular flexibility index (Phi) is 3.77. The minimum Gasteiger partial charge on any atom is -0.266 e. The third kappa shape index (κ3) is 2.81. The van der Waals surface area contributed by atoms with Gasteiger partial charge in [0.1, 0.15) is 0 Å². The first-order chi connectivity index (χ1) is 13.2. The summed E-state index contributed by atoms with van der Waals surface area (Å²) in [4.78, 5) is 17.9. The van der Waals surface area contributed by atoms with Crippen molar-refractivity contribution in [1.82, 2.24) is 14.6 Å². The molecule has 0 spiro atoms. The van der Waals surface area contributed by atoms with E-state index in [1.54, 1.807) is 12.1 Å². The molecule has 0 N–H and O–H groups in total. The zero-order valence-corrected chi connectivity index (χ0v) is 15.5. The summed E-state index contributed by atoms with van der Waals surface area (Å²) in [6.07, 6.45) is 1.91. The normalized spacial score (nSPS) is 12.3. The van der Waals surface area contributed by atoms with Crippen molar-refractivity contribution in [2.45, 2.75) is 0 Å². The summed E-state index contributed by atoms with van der Waals surface area (Å²) in [6, 6.07) is 21.5. The van der Waals surface area contributed by atoms with E-state index >= 15 is 0 Å². The van der Waals surface area contributed by atoms with Gasteiger partial charge in [0.25, 0.3) is 5.56 Å². The van der Waals surface area contributed by atoms with Gasteiger partial charge in [0.05, 0.1) is 4.53 Å².